The highest BCUT2D eigenvalue weighted by Gasteiger charge is 2.17. The molecule has 1 fully saturated rings. The minimum Gasteiger partial charge on any atom is -0.322 e. The van der Waals surface area contributed by atoms with Gasteiger partial charge in [0.25, 0.3) is 0 Å². The molecule has 0 aliphatic heterocycles. The number of aryl methyl sites for hydroxylation is 1. The van der Waals surface area contributed by atoms with E-state index in [0.717, 1.165) is 16.7 Å². The quantitative estimate of drug-likeness (QED) is 0.873. The van der Waals surface area contributed by atoms with Gasteiger partial charge in [-0.25, -0.2) is 0 Å². The normalized spacial score (nSPS) is 19.9. The third kappa shape index (κ3) is 2.98. The first kappa shape index (κ1) is 11.9. The molecule has 0 saturated heterocycles. The third-order valence-corrected chi connectivity index (χ3v) is 4.69. The van der Waals surface area contributed by atoms with Gasteiger partial charge in [-0.15, -0.1) is 5.10 Å². The Bertz CT molecular complexity index is 320. The summed E-state index contributed by atoms with van der Waals surface area (Å²) in [4.78, 5) is 0. The van der Waals surface area contributed by atoms with Gasteiger partial charge in [0.2, 0.25) is 0 Å². The molecular weight excluding hydrogens is 220 g/mol. The van der Waals surface area contributed by atoms with Crippen LogP contribution in [0.2, 0.25) is 0 Å². The Labute approximate surface area is 101 Å². The number of hydrogen-bond donors (Lipinski definition) is 1. The molecule has 1 unspecified atom stereocenters. The second kappa shape index (κ2) is 5.68. The molecule has 0 amide bonds. The third-order valence-electron chi connectivity index (χ3n) is 3.19. The Morgan fingerprint density at radius 1 is 1.50 bits per heavy atom. The van der Waals surface area contributed by atoms with Crippen LogP contribution in [0.25, 0.3) is 0 Å². The fraction of sp³-hybridized carbons (Fsp3) is 0.818. The largest absolute Gasteiger partial charge is 0.322 e. The predicted molar refractivity (Wildman–Crippen MR) is 67.3 cm³/mol. The molecule has 1 atom stereocenters. The number of thioether (sulfide) groups is 1. The molecule has 90 valence electrons. The molecule has 1 aromatic heterocycles. The molecule has 0 spiro atoms. The lowest BCUT2D eigenvalue weighted by Crippen LogP contribution is -2.19. The molecule has 0 aromatic carbocycles. The van der Waals surface area contributed by atoms with E-state index in [2.05, 4.69) is 10.3 Å². The van der Waals surface area contributed by atoms with Crippen LogP contribution >= 0.6 is 11.8 Å². The van der Waals surface area contributed by atoms with E-state index >= 15 is 0 Å². The summed E-state index contributed by atoms with van der Waals surface area (Å²) < 4.78 is 1.77. The summed E-state index contributed by atoms with van der Waals surface area (Å²) in [6, 6.07) is 0.0620. The van der Waals surface area contributed by atoms with E-state index in [9.17, 15) is 0 Å². The van der Waals surface area contributed by atoms with Gasteiger partial charge in [-0.1, -0.05) is 24.5 Å². The molecule has 2 N–H and O–H groups in total. The maximum absolute atomic E-state index is 6.14. The lowest BCUT2D eigenvalue weighted by molar-refractivity contribution is 0.515. The van der Waals surface area contributed by atoms with Crippen LogP contribution in [0.5, 0.6) is 0 Å². The van der Waals surface area contributed by atoms with Gasteiger partial charge in [0, 0.05) is 18.1 Å². The summed E-state index contributed by atoms with van der Waals surface area (Å²) in [5, 5.41) is 8.59. The van der Waals surface area contributed by atoms with E-state index in [-0.39, 0.29) is 6.04 Å². The number of hydrogen-bond acceptors (Lipinski definition) is 4. The Morgan fingerprint density at radius 3 is 2.88 bits per heavy atom. The molecule has 2 rings (SSSR count). The minimum atomic E-state index is 0.0620. The minimum absolute atomic E-state index is 0.0620. The summed E-state index contributed by atoms with van der Waals surface area (Å²) in [6.45, 7) is 0. The van der Waals surface area contributed by atoms with E-state index in [1.165, 1.54) is 32.1 Å². The van der Waals surface area contributed by atoms with E-state index in [4.69, 9.17) is 5.73 Å². The number of nitrogens with two attached hydrogens (primary N) is 1. The number of nitrogens with zero attached hydrogens (tertiary/aromatic N) is 3. The van der Waals surface area contributed by atoms with Crippen molar-refractivity contribution in [3.8, 4) is 0 Å². The highest BCUT2D eigenvalue weighted by atomic mass is 32.2. The lowest BCUT2D eigenvalue weighted by Gasteiger charge is -2.22. The second-order valence-corrected chi connectivity index (χ2v) is 5.82. The molecular formula is C11H20N4S. The van der Waals surface area contributed by atoms with Crippen molar-refractivity contribution in [1.29, 1.82) is 0 Å². The second-order valence-electron chi connectivity index (χ2n) is 4.48. The van der Waals surface area contributed by atoms with Crippen molar-refractivity contribution in [2.45, 2.75) is 43.4 Å². The van der Waals surface area contributed by atoms with Crippen LogP contribution in [-0.2, 0) is 7.05 Å². The molecule has 0 bridgehead atoms. The van der Waals surface area contributed by atoms with Gasteiger partial charge in [0.1, 0.15) is 0 Å². The van der Waals surface area contributed by atoms with Crippen LogP contribution in [0.15, 0.2) is 6.20 Å². The highest BCUT2D eigenvalue weighted by Crippen LogP contribution is 2.30. The van der Waals surface area contributed by atoms with Crippen molar-refractivity contribution in [3.05, 3.63) is 11.9 Å². The standard InChI is InChI=1S/C11H20N4S/c1-15-11(7-13-14-15)10(12)8-16-9-5-3-2-4-6-9/h7,9-10H,2-6,8,12H2,1H3. The summed E-state index contributed by atoms with van der Waals surface area (Å²) in [5.74, 6) is 0.978. The van der Waals surface area contributed by atoms with Crippen LogP contribution in [-0.4, -0.2) is 26.0 Å². The Balaban J connectivity index is 1.79. The Hall–Kier alpha value is -0.550. The Kier molecular flexibility index (Phi) is 4.23. The van der Waals surface area contributed by atoms with Crippen LogP contribution in [0.3, 0.4) is 0 Å². The SMILES string of the molecule is Cn1nncc1C(N)CSC1CCCCC1. The van der Waals surface area contributed by atoms with Gasteiger partial charge in [-0.2, -0.15) is 11.8 Å². The summed E-state index contributed by atoms with van der Waals surface area (Å²) in [5.41, 5.74) is 7.17. The van der Waals surface area contributed by atoms with Crippen molar-refractivity contribution >= 4 is 11.8 Å². The topological polar surface area (TPSA) is 56.7 Å². The molecule has 1 aliphatic carbocycles. The van der Waals surface area contributed by atoms with Crippen LogP contribution in [0, 0.1) is 0 Å². The maximum atomic E-state index is 6.14. The molecule has 5 heteroatoms. The van der Waals surface area contributed by atoms with E-state index < -0.39 is 0 Å². The summed E-state index contributed by atoms with van der Waals surface area (Å²) in [7, 11) is 1.90. The van der Waals surface area contributed by atoms with Crippen LogP contribution in [0.1, 0.15) is 43.8 Å². The smallest absolute Gasteiger partial charge is 0.0759 e. The molecule has 1 aliphatic rings. The van der Waals surface area contributed by atoms with Crippen molar-refractivity contribution in [2.75, 3.05) is 5.75 Å². The zero-order valence-corrected chi connectivity index (χ0v) is 10.6. The fourth-order valence-corrected chi connectivity index (χ4v) is 3.51. The lowest BCUT2D eigenvalue weighted by atomic mass is 10.0. The predicted octanol–water partition coefficient (Wildman–Crippen LogP) is 1.88. The van der Waals surface area contributed by atoms with E-state index in [1.807, 2.05) is 18.8 Å². The molecule has 1 heterocycles. The van der Waals surface area contributed by atoms with Gasteiger partial charge in [0.15, 0.2) is 0 Å². The average molecular weight is 240 g/mol. The van der Waals surface area contributed by atoms with Crippen molar-refractivity contribution in [3.63, 3.8) is 0 Å². The summed E-state index contributed by atoms with van der Waals surface area (Å²) >= 11 is 2.02. The van der Waals surface area contributed by atoms with Crippen LogP contribution in [0.4, 0.5) is 0 Å². The van der Waals surface area contributed by atoms with Gasteiger partial charge in [-0.05, 0) is 12.8 Å². The van der Waals surface area contributed by atoms with Crippen molar-refractivity contribution in [2.24, 2.45) is 12.8 Å². The Morgan fingerprint density at radius 2 is 2.25 bits per heavy atom. The van der Waals surface area contributed by atoms with Crippen molar-refractivity contribution < 1.29 is 0 Å². The zero-order chi connectivity index (χ0) is 11.4. The van der Waals surface area contributed by atoms with Crippen molar-refractivity contribution in [1.82, 2.24) is 15.0 Å². The zero-order valence-electron chi connectivity index (χ0n) is 9.80. The monoisotopic (exact) mass is 240 g/mol. The fourth-order valence-electron chi connectivity index (χ4n) is 2.19. The first-order chi connectivity index (χ1) is 7.77. The first-order valence-corrected chi connectivity index (χ1v) is 7.04. The van der Waals surface area contributed by atoms with Crippen LogP contribution < -0.4 is 5.73 Å². The number of rotatable bonds is 4. The maximum Gasteiger partial charge on any atom is 0.0759 e. The van der Waals surface area contributed by atoms with Gasteiger partial charge in [0.05, 0.1) is 17.9 Å². The van der Waals surface area contributed by atoms with E-state index in [1.54, 1.807) is 10.9 Å². The van der Waals surface area contributed by atoms with Gasteiger partial charge in [-0.3, -0.25) is 4.68 Å². The molecule has 4 nitrogen and oxygen atoms in total. The average Bonchev–Trinajstić information content (AvgIpc) is 2.74. The van der Waals surface area contributed by atoms with Gasteiger partial charge < -0.3 is 5.73 Å². The van der Waals surface area contributed by atoms with E-state index in [0.29, 0.717) is 0 Å². The first-order valence-electron chi connectivity index (χ1n) is 5.99. The molecule has 0 radical (unpaired) electrons. The molecule has 1 aromatic rings. The molecule has 1 saturated carbocycles. The van der Waals surface area contributed by atoms with Gasteiger partial charge >= 0.3 is 0 Å². The molecule has 16 heavy (non-hydrogen) atoms. The summed E-state index contributed by atoms with van der Waals surface area (Å²) in [6.07, 6.45) is 8.68. The number of aromatic nitrogens is 3. The highest BCUT2D eigenvalue weighted by molar-refractivity contribution is 7.99.